The fraction of sp³-hybridized carbons (Fsp3) is 0.636. The lowest BCUT2D eigenvalue weighted by Gasteiger charge is -2.26. The quantitative estimate of drug-likeness (QED) is 0.497. The van der Waals surface area contributed by atoms with Gasteiger partial charge in [-0.15, -0.1) is 12.3 Å². The van der Waals surface area contributed by atoms with Gasteiger partial charge in [0.15, 0.2) is 0 Å². The lowest BCUT2D eigenvalue weighted by atomic mass is 9.82. The third-order valence-electron chi connectivity index (χ3n) is 2.09. The van der Waals surface area contributed by atoms with Gasteiger partial charge in [-0.2, -0.15) is 0 Å². The van der Waals surface area contributed by atoms with Gasteiger partial charge in [0.1, 0.15) is 0 Å². The van der Waals surface area contributed by atoms with E-state index in [0.29, 0.717) is 12.8 Å². The second-order valence-corrected chi connectivity index (χ2v) is 3.68. The number of hydrogen-bond donors (Lipinski definition) is 2. The molecule has 2 N–H and O–H groups in total. The van der Waals surface area contributed by atoms with Crippen molar-refractivity contribution in [1.29, 1.82) is 0 Å². The monoisotopic (exact) mass is 182 g/mol. The molecule has 0 amide bonds. The maximum Gasteiger partial charge on any atom is 0.0521 e. The normalized spacial score (nSPS) is 10.7. The first-order valence-electron chi connectivity index (χ1n) is 4.39. The van der Waals surface area contributed by atoms with Crippen molar-refractivity contribution < 1.29 is 10.2 Å². The fourth-order valence-electron chi connectivity index (χ4n) is 1.00. The molecule has 2 heteroatoms. The first-order valence-corrected chi connectivity index (χ1v) is 4.39. The van der Waals surface area contributed by atoms with Crippen LogP contribution >= 0.6 is 0 Å². The van der Waals surface area contributed by atoms with E-state index in [2.05, 4.69) is 5.92 Å². The number of hydrogen-bond acceptors (Lipinski definition) is 2. The molecule has 0 bridgehead atoms. The zero-order chi connectivity index (χ0) is 10.3. The molecule has 0 aliphatic heterocycles. The summed E-state index contributed by atoms with van der Waals surface area (Å²) in [6, 6.07) is 0. The molecule has 0 aliphatic rings. The van der Waals surface area contributed by atoms with Crippen LogP contribution in [0.2, 0.25) is 0 Å². The van der Waals surface area contributed by atoms with E-state index in [9.17, 15) is 0 Å². The topological polar surface area (TPSA) is 40.5 Å². The minimum Gasteiger partial charge on any atom is -0.396 e. The highest BCUT2D eigenvalue weighted by Crippen LogP contribution is 2.26. The molecule has 0 aromatic heterocycles. The van der Waals surface area contributed by atoms with Crippen LogP contribution in [0.15, 0.2) is 11.6 Å². The Bertz CT molecular complexity index is 203. The van der Waals surface area contributed by atoms with Gasteiger partial charge in [-0.05, 0) is 20.3 Å². The third kappa shape index (κ3) is 4.12. The van der Waals surface area contributed by atoms with Crippen molar-refractivity contribution in [3.8, 4) is 12.3 Å². The van der Waals surface area contributed by atoms with E-state index < -0.39 is 5.41 Å². The van der Waals surface area contributed by atoms with E-state index in [1.165, 1.54) is 5.57 Å². The maximum absolute atomic E-state index is 9.14. The van der Waals surface area contributed by atoms with Crippen LogP contribution in [0.4, 0.5) is 0 Å². The Morgan fingerprint density at radius 3 is 2.23 bits per heavy atom. The molecule has 0 spiro atoms. The molecular weight excluding hydrogens is 164 g/mol. The van der Waals surface area contributed by atoms with Crippen molar-refractivity contribution >= 4 is 0 Å². The Balaban J connectivity index is 4.40. The van der Waals surface area contributed by atoms with Crippen molar-refractivity contribution in [2.24, 2.45) is 5.41 Å². The van der Waals surface area contributed by atoms with Gasteiger partial charge < -0.3 is 10.2 Å². The Labute approximate surface area is 80.3 Å². The summed E-state index contributed by atoms with van der Waals surface area (Å²) in [5.74, 6) is 2.48. The van der Waals surface area contributed by atoms with Crippen molar-refractivity contribution in [3.63, 3.8) is 0 Å². The minimum absolute atomic E-state index is 0.0719. The van der Waals surface area contributed by atoms with Gasteiger partial charge in [-0.3, -0.25) is 0 Å². The summed E-state index contributed by atoms with van der Waals surface area (Å²) in [6.07, 6.45) is 8.21. The summed E-state index contributed by atoms with van der Waals surface area (Å²) >= 11 is 0. The molecule has 0 saturated heterocycles. The molecule has 0 saturated carbocycles. The van der Waals surface area contributed by atoms with Crippen LogP contribution < -0.4 is 0 Å². The summed E-state index contributed by atoms with van der Waals surface area (Å²) in [4.78, 5) is 0. The lowest BCUT2D eigenvalue weighted by molar-refractivity contribution is 0.0609. The van der Waals surface area contributed by atoms with E-state index in [-0.39, 0.29) is 13.2 Å². The molecule has 74 valence electrons. The van der Waals surface area contributed by atoms with Gasteiger partial charge in [0, 0.05) is 11.8 Å². The zero-order valence-electron chi connectivity index (χ0n) is 8.38. The first kappa shape index (κ1) is 12.2. The molecule has 0 aliphatic carbocycles. The van der Waals surface area contributed by atoms with Gasteiger partial charge in [0.2, 0.25) is 0 Å². The van der Waals surface area contributed by atoms with Crippen LogP contribution in [-0.2, 0) is 0 Å². The highest BCUT2D eigenvalue weighted by atomic mass is 16.3. The largest absolute Gasteiger partial charge is 0.396 e. The summed E-state index contributed by atoms with van der Waals surface area (Å²) < 4.78 is 0. The third-order valence-corrected chi connectivity index (χ3v) is 2.09. The number of allylic oxidation sites excluding steroid dienone is 2. The van der Waals surface area contributed by atoms with E-state index in [4.69, 9.17) is 16.6 Å². The number of aliphatic hydroxyl groups is 2. The average molecular weight is 182 g/mol. The maximum atomic E-state index is 9.14. The lowest BCUT2D eigenvalue weighted by Crippen LogP contribution is -2.28. The standard InChI is InChI=1S/C11H18O2/c1-4-6-11(8-12,9-13)7-5-10(2)3/h1,5,12-13H,6-9H2,2-3H3. The van der Waals surface area contributed by atoms with Gasteiger partial charge >= 0.3 is 0 Å². The van der Waals surface area contributed by atoms with Gasteiger partial charge in [0.25, 0.3) is 0 Å². The smallest absolute Gasteiger partial charge is 0.0521 e. The zero-order valence-corrected chi connectivity index (χ0v) is 8.38. The predicted molar refractivity (Wildman–Crippen MR) is 54.1 cm³/mol. The summed E-state index contributed by atoms with van der Waals surface area (Å²) in [7, 11) is 0. The fourth-order valence-corrected chi connectivity index (χ4v) is 1.00. The van der Waals surface area contributed by atoms with Crippen LogP contribution in [0.25, 0.3) is 0 Å². The Morgan fingerprint density at radius 1 is 1.38 bits per heavy atom. The predicted octanol–water partition coefficient (Wildman–Crippen LogP) is 1.34. The molecule has 0 rings (SSSR count). The first-order chi connectivity index (χ1) is 6.10. The Hall–Kier alpha value is -0.780. The van der Waals surface area contributed by atoms with Gasteiger partial charge in [0.05, 0.1) is 13.2 Å². The second-order valence-electron chi connectivity index (χ2n) is 3.68. The molecule has 0 aromatic carbocycles. The molecule has 13 heavy (non-hydrogen) atoms. The van der Waals surface area contributed by atoms with Gasteiger partial charge in [-0.25, -0.2) is 0 Å². The number of rotatable bonds is 5. The van der Waals surface area contributed by atoms with E-state index in [0.717, 1.165) is 0 Å². The molecule has 0 atom stereocenters. The summed E-state index contributed by atoms with van der Waals surface area (Å²) in [6.45, 7) is 3.82. The van der Waals surface area contributed by atoms with E-state index in [1.807, 2.05) is 19.9 Å². The van der Waals surface area contributed by atoms with Crippen LogP contribution in [0.5, 0.6) is 0 Å². The number of aliphatic hydroxyl groups excluding tert-OH is 2. The summed E-state index contributed by atoms with van der Waals surface area (Å²) in [5, 5.41) is 18.3. The van der Waals surface area contributed by atoms with Crippen molar-refractivity contribution in [3.05, 3.63) is 11.6 Å². The average Bonchev–Trinajstić information content (AvgIpc) is 2.12. The van der Waals surface area contributed by atoms with Crippen LogP contribution in [0, 0.1) is 17.8 Å². The highest BCUT2D eigenvalue weighted by Gasteiger charge is 2.26. The summed E-state index contributed by atoms with van der Waals surface area (Å²) in [5.41, 5.74) is 0.634. The Kier molecular flexibility index (Phi) is 5.45. The van der Waals surface area contributed by atoms with Crippen LogP contribution in [-0.4, -0.2) is 23.4 Å². The van der Waals surface area contributed by atoms with Crippen LogP contribution in [0.1, 0.15) is 26.7 Å². The Morgan fingerprint density at radius 2 is 1.92 bits per heavy atom. The molecule has 0 aromatic rings. The molecule has 0 unspecified atom stereocenters. The van der Waals surface area contributed by atoms with Crippen LogP contribution in [0.3, 0.4) is 0 Å². The molecule has 0 radical (unpaired) electrons. The molecular formula is C11H18O2. The van der Waals surface area contributed by atoms with Crippen molar-refractivity contribution in [2.45, 2.75) is 26.7 Å². The second kappa shape index (κ2) is 5.80. The van der Waals surface area contributed by atoms with E-state index in [1.54, 1.807) is 0 Å². The molecule has 0 fully saturated rings. The van der Waals surface area contributed by atoms with Gasteiger partial charge in [-0.1, -0.05) is 11.6 Å². The molecule has 2 nitrogen and oxygen atoms in total. The van der Waals surface area contributed by atoms with E-state index >= 15 is 0 Å². The number of terminal acetylenes is 1. The molecule has 0 heterocycles. The SMILES string of the molecule is C#CCC(CO)(CO)CC=C(C)C. The minimum atomic E-state index is -0.536. The highest BCUT2D eigenvalue weighted by molar-refractivity contribution is 5.02. The van der Waals surface area contributed by atoms with Crippen molar-refractivity contribution in [1.82, 2.24) is 0 Å². The van der Waals surface area contributed by atoms with Crippen molar-refractivity contribution in [2.75, 3.05) is 13.2 Å².